The molecule has 0 aromatic rings. The summed E-state index contributed by atoms with van der Waals surface area (Å²) in [6.07, 6.45) is 5.25. The Kier molecular flexibility index (Phi) is 1.65. The molecule has 0 heterocycles. The van der Waals surface area contributed by atoms with Gasteiger partial charge in [0.1, 0.15) is 0 Å². The van der Waals surface area contributed by atoms with Gasteiger partial charge in [0.25, 0.3) is 0 Å². The van der Waals surface area contributed by atoms with Crippen LogP contribution in [0.25, 0.3) is 0 Å². The second kappa shape index (κ2) is 2.29. The lowest BCUT2D eigenvalue weighted by atomic mass is 10.0. The van der Waals surface area contributed by atoms with Gasteiger partial charge < -0.3 is 10.8 Å². The fourth-order valence-corrected chi connectivity index (χ4v) is 0.838. The quantitative estimate of drug-likeness (QED) is 0.435. The number of hydrogen-bond acceptors (Lipinski definition) is 2. The van der Waals surface area contributed by atoms with Crippen LogP contribution in [0.4, 0.5) is 0 Å². The zero-order valence-electron chi connectivity index (χ0n) is 4.75. The van der Waals surface area contributed by atoms with Crippen LogP contribution < -0.4 is 5.73 Å². The molecule has 0 bridgehead atoms. The van der Waals surface area contributed by atoms with E-state index in [2.05, 4.69) is 0 Å². The smallest absolute Gasteiger partial charge is 0.0871 e. The SMILES string of the molecule is N[C@H]1CCC=C[C@H]1O. The summed E-state index contributed by atoms with van der Waals surface area (Å²) in [7, 11) is 0. The highest BCUT2D eigenvalue weighted by Crippen LogP contribution is 2.08. The Morgan fingerprint density at radius 1 is 1.62 bits per heavy atom. The van der Waals surface area contributed by atoms with E-state index < -0.39 is 6.10 Å². The van der Waals surface area contributed by atoms with E-state index in [1.54, 1.807) is 6.08 Å². The molecular formula is C6H11NO. The maximum Gasteiger partial charge on any atom is 0.0871 e. The molecule has 0 spiro atoms. The fourth-order valence-electron chi connectivity index (χ4n) is 0.838. The number of aliphatic hydroxyl groups is 1. The fraction of sp³-hybridized carbons (Fsp3) is 0.667. The molecule has 0 saturated heterocycles. The molecule has 2 nitrogen and oxygen atoms in total. The Hall–Kier alpha value is -0.340. The maximum atomic E-state index is 8.97. The molecule has 0 unspecified atom stereocenters. The molecule has 2 heteroatoms. The predicted octanol–water partition coefficient (Wildman–Crippen LogP) is 0.0246. The van der Waals surface area contributed by atoms with Crippen molar-refractivity contribution in [1.29, 1.82) is 0 Å². The van der Waals surface area contributed by atoms with Gasteiger partial charge in [-0.3, -0.25) is 0 Å². The van der Waals surface area contributed by atoms with Crippen molar-refractivity contribution in [1.82, 2.24) is 0 Å². The van der Waals surface area contributed by atoms with Crippen LogP contribution in [0.5, 0.6) is 0 Å². The van der Waals surface area contributed by atoms with Crippen molar-refractivity contribution < 1.29 is 5.11 Å². The van der Waals surface area contributed by atoms with Crippen molar-refractivity contribution in [3.63, 3.8) is 0 Å². The van der Waals surface area contributed by atoms with Gasteiger partial charge in [-0.1, -0.05) is 12.2 Å². The van der Waals surface area contributed by atoms with Crippen LogP contribution >= 0.6 is 0 Å². The van der Waals surface area contributed by atoms with Crippen LogP contribution in [0.3, 0.4) is 0 Å². The van der Waals surface area contributed by atoms with Gasteiger partial charge in [-0.05, 0) is 12.8 Å². The zero-order chi connectivity index (χ0) is 5.98. The van der Waals surface area contributed by atoms with E-state index in [1.165, 1.54) is 0 Å². The van der Waals surface area contributed by atoms with Crippen molar-refractivity contribution in [2.45, 2.75) is 25.0 Å². The molecule has 1 aliphatic carbocycles. The third-order valence-electron chi connectivity index (χ3n) is 1.44. The molecule has 0 amide bonds. The summed E-state index contributed by atoms with van der Waals surface area (Å²) < 4.78 is 0. The average molecular weight is 113 g/mol. The number of allylic oxidation sites excluding steroid dienone is 1. The summed E-state index contributed by atoms with van der Waals surface area (Å²) in [5, 5.41) is 8.97. The minimum absolute atomic E-state index is 0.0278. The molecule has 0 fully saturated rings. The number of nitrogens with two attached hydrogens (primary N) is 1. The van der Waals surface area contributed by atoms with Crippen LogP contribution in [0.2, 0.25) is 0 Å². The minimum Gasteiger partial charge on any atom is -0.387 e. The molecule has 0 radical (unpaired) electrons. The summed E-state index contributed by atoms with van der Waals surface area (Å²) >= 11 is 0. The van der Waals surface area contributed by atoms with Gasteiger partial charge in [0, 0.05) is 6.04 Å². The van der Waals surface area contributed by atoms with Crippen LogP contribution in [0.15, 0.2) is 12.2 Å². The highest BCUT2D eigenvalue weighted by molar-refractivity contribution is 4.99. The van der Waals surface area contributed by atoms with E-state index in [1.807, 2.05) is 6.08 Å². The monoisotopic (exact) mass is 113 g/mol. The first-order chi connectivity index (χ1) is 3.80. The first kappa shape index (κ1) is 5.79. The van der Waals surface area contributed by atoms with Gasteiger partial charge in [0.15, 0.2) is 0 Å². The van der Waals surface area contributed by atoms with E-state index in [9.17, 15) is 0 Å². The highest BCUT2D eigenvalue weighted by atomic mass is 16.3. The van der Waals surface area contributed by atoms with Crippen LogP contribution in [0.1, 0.15) is 12.8 Å². The Morgan fingerprint density at radius 2 is 2.38 bits per heavy atom. The molecule has 0 aromatic heterocycles. The molecule has 3 N–H and O–H groups in total. The largest absolute Gasteiger partial charge is 0.387 e. The predicted molar refractivity (Wildman–Crippen MR) is 32.4 cm³/mol. The second-order valence-corrected chi connectivity index (χ2v) is 2.16. The van der Waals surface area contributed by atoms with E-state index in [0.29, 0.717) is 0 Å². The lowest BCUT2D eigenvalue weighted by molar-refractivity contribution is 0.181. The minimum atomic E-state index is -0.399. The van der Waals surface area contributed by atoms with Gasteiger partial charge in [-0.2, -0.15) is 0 Å². The van der Waals surface area contributed by atoms with Crippen LogP contribution in [-0.4, -0.2) is 17.3 Å². The van der Waals surface area contributed by atoms with Crippen LogP contribution in [-0.2, 0) is 0 Å². The molecule has 2 atom stereocenters. The Morgan fingerprint density at radius 3 is 2.75 bits per heavy atom. The van der Waals surface area contributed by atoms with Gasteiger partial charge in [-0.15, -0.1) is 0 Å². The van der Waals surface area contributed by atoms with E-state index in [0.717, 1.165) is 12.8 Å². The third kappa shape index (κ3) is 1.08. The first-order valence-electron chi connectivity index (χ1n) is 2.91. The molecule has 1 aliphatic rings. The van der Waals surface area contributed by atoms with Crippen molar-refractivity contribution in [2.75, 3.05) is 0 Å². The summed E-state index contributed by atoms with van der Waals surface area (Å²) in [6.45, 7) is 0. The average Bonchev–Trinajstić information content (AvgIpc) is 1.77. The van der Waals surface area contributed by atoms with Crippen molar-refractivity contribution in [3.05, 3.63) is 12.2 Å². The molecule has 0 saturated carbocycles. The highest BCUT2D eigenvalue weighted by Gasteiger charge is 2.12. The van der Waals surface area contributed by atoms with Crippen molar-refractivity contribution in [3.8, 4) is 0 Å². The van der Waals surface area contributed by atoms with Crippen molar-refractivity contribution in [2.24, 2.45) is 5.73 Å². The zero-order valence-corrected chi connectivity index (χ0v) is 4.75. The summed E-state index contributed by atoms with van der Waals surface area (Å²) in [5.41, 5.74) is 5.48. The third-order valence-corrected chi connectivity index (χ3v) is 1.44. The summed E-state index contributed by atoms with van der Waals surface area (Å²) in [6, 6.07) is -0.0278. The van der Waals surface area contributed by atoms with Gasteiger partial charge >= 0.3 is 0 Å². The van der Waals surface area contributed by atoms with Gasteiger partial charge in [0.05, 0.1) is 6.10 Å². The van der Waals surface area contributed by atoms with Gasteiger partial charge in [-0.25, -0.2) is 0 Å². The molecule has 0 aromatic carbocycles. The van der Waals surface area contributed by atoms with E-state index >= 15 is 0 Å². The molecule has 8 heavy (non-hydrogen) atoms. The lowest BCUT2D eigenvalue weighted by Gasteiger charge is -2.17. The summed E-state index contributed by atoms with van der Waals surface area (Å²) in [5.74, 6) is 0. The standard InChI is InChI=1S/C6H11NO/c7-5-3-1-2-4-6(5)8/h2,4-6,8H,1,3,7H2/t5-,6+/m0/s1. The van der Waals surface area contributed by atoms with Gasteiger partial charge in [0.2, 0.25) is 0 Å². The van der Waals surface area contributed by atoms with Crippen molar-refractivity contribution >= 4 is 0 Å². The molecular weight excluding hydrogens is 102 g/mol. The maximum absolute atomic E-state index is 8.97. The Balaban J connectivity index is 2.47. The Bertz CT molecular complexity index is 101. The lowest BCUT2D eigenvalue weighted by Crippen LogP contribution is -2.34. The number of rotatable bonds is 0. The second-order valence-electron chi connectivity index (χ2n) is 2.16. The molecule has 1 rings (SSSR count). The topological polar surface area (TPSA) is 46.2 Å². The van der Waals surface area contributed by atoms with Crippen LogP contribution in [0, 0.1) is 0 Å². The summed E-state index contributed by atoms with van der Waals surface area (Å²) in [4.78, 5) is 0. The first-order valence-corrected chi connectivity index (χ1v) is 2.91. The number of hydrogen-bond donors (Lipinski definition) is 2. The molecule has 46 valence electrons. The normalized spacial score (nSPS) is 37.8. The number of aliphatic hydroxyl groups excluding tert-OH is 1. The van der Waals surface area contributed by atoms with E-state index in [4.69, 9.17) is 10.8 Å². The molecule has 0 aliphatic heterocycles. The Labute approximate surface area is 49.0 Å². The van der Waals surface area contributed by atoms with E-state index in [-0.39, 0.29) is 6.04 Å².